The van der Waals surface area contributed by atoms with Crippen molar-refractivity contribution in [3.63, 3.8) is 0 Å². The van der Waals surface area contributed by atoms with Crippen LogP contribution in [0.5, 0.6) is 0 Å². The number of benzene rings is 2. The van der Waals surface area contributed by atoms with Gasteiger partial charge in [0.2, 0.25) is 0 Å². The van der Waals surface area contributed by atoms with Crippen LogP contribution < -0.4 is 0 Å². The summed E-state index contributed by atoms with van der Waals surface area (Å²) in [6.45, 7) is 4.14. The largest absolute Gasteiger partial charge is 0.358 e. The third kappa shape index (κ3) is 3.93. The number of carbonyl (C=O) groups excluding carboxylic acids is 1. The van der Waals surface area contributed by atoms with Gasteiger partial charge in [0.25, 0.3) is 5.91 Å². The summed E-state index contributed by atoms with van der Waals surface area (Å²) in [5.74, 6) is 0.388. The van der Waals surface area contributed by atoms with Gasteiger partial charge >= 0.3 is 0 Å². The lowest BCUT2D eigenvalue weighted by Gasteiger charge is -2.22. The first-order valence-corrected chi connectivity index (χ1v) is 12.2. The summed E-state index contributed by atoms with van der Waals surface area (Å²) < 4.78 is 0. The van der Waals surface area contributed by atoms with Gasteiger partial charge in [0.1, 0.15) is 0 Å². The molecule has 0 aliphatic carbocycles. The third-order valence-corrected chi connectivity index (χ3v) is 7.73. The summed E-state index contributed by atoms with van der Waals surface area (Å²) in [5, 5.41) is 9.71. The van der Waals surface area contributed by atoms with E-state index >= 15 is 0 Å². The molecule has 1 amide bonds. The number of hydrogen-bond donors (Lipinski definition) is 1. The number of aryl methyl sites for hydroxylation is 2. The molecule has 3 heterocycles. The van der Waals surface area contributed by atoms with E-state index < -0.39 is 0 Å². The maximum absolute atomic E-state index is 13.3. The van der Waals surface area contributed by atoms with Crippen LogP contribution in [-0.4, -0.2) is 27.4 Å². The van der Waals surface area contributed by atoms with Gasteiger partial charge in [0, 0.05) is 27.9 Å². The van der Waals surface area contributed by atoms with Crippen molar-refractivity contribution in [2.24, 2.45) is 5.10 Å². The van der Waals surface area contributed by atoms with Gasteiger partial charge < -0.3 is 4.98 Å². The Hall–Kier alpha value is -2.83. The lowest BCUT2D eigenvalue weighted by molar-refractivity contribution is -0.130. The zero-order chi connectivity index (χ0) is 21.4. The summed E-state index contributed by atoms with van der Waals surface area (Å²) in [5.41, 5.74) is 5.53. The van der Waals surface area contributed by atoms with Gasteiger partial charge in [0.05, 0.1) is 22.4 Å². The molecule has 1 atom stereocenters. The van der Waals surface area contributed by atoms with Gasteiger partial charge in [-0.25, -0.2) is 5.01 Å². The number of nitrogens with one attached hydrogen (secondary N) is 1. The van der Waals surface area contributed by atoms with E-state index in [1.54, 1.807) is 28.1 Å². The fourth-order valence-electron chi connectivity index (χ4n) is 4.02. The van der Waals surface area contributed by atoms with E-state index in [1.807, 2.05) is 18.2 Å². The Bertz CT molecular complexity index is 1260. The summed E-state index contributed by atoms with van der Waals surface area (Å²) in [6.07, 6.45) is 0.742. The molecule has 4 nitrogen and oxygen atoms in total. The minimum absolute atomic E-state index is 0.0341. The molecule has 2 aromatic heterocycles. The number of fused-ring (bicyclic) bond motifs is 1. The van der Waals surface area contributed by atoms with Crippen LogP contribution in [0.15, 0.2) is 76.0 Å². The number of nitrogens with zero attached hydrogens (tertiary/aromatic N) is 2. The second-order valence-electron chi connectivity index (χ2n) is 7.81. The van der Waals surface area contributed by atoms with Crippen LogP contribution in [0, 0.1) is 13.8 Å². The molecule has 5 rings (SSSR count). The van der Waals surface area contributed by atoms with Gasteiger partial charge in [-0.3, -0.25) is 4.79 Å². The zero-order valence-electron chi connectivity index (χ0n) is 17.5. The number of thiophene rings is 1. The van der Waals surface area contributed by atoms with E-state index in [2.05, 4.69) is 66.7 Å². The van der Waals surface area contributed by atoms with Crippen LogP contribution in [0.4, 0.5) is 0 Å². The molecule has 2 aromatic carbocycles. The molecular weight excluding hydrogens is 422 g/mol. The van der Waals surface area contributed by atoms with Crippen LogP contribution in [0.3, 0.4) is 0 Å². The predicted octanol–water partition coefficient (Wildman–Crippen LogP) is 6.32. The number of hydrogen-bond acceptors (Lipinski definition) is 4. The number of thioether (sulfide) groups is 1. The van der Waals surface area contributed by atoms with Crippen LogP contribution in [0.2, 0.25) is 0 Å². The minimum atomic E-state index is -0.0603. The first-order valence-electron chi connectivity index (χ1n) is 10.3. The number of hydrazone groups is 1. The highest BCUT2D eigenvalue weighted by atomic mass is 32.2. The average Bonchev–Trinajstić information content (AvgIpc) is 3.51. The highest BCUT2D eigenvalue weighted by Crippen LogP contribution is 2.36. The summed E-state index contributed by atoms with van der Waals surface area (Å²) >= 11 is 3.26. The monoisotopic (exact) mass is 445 g/mol. The number of para-hydroxylation sites is 1. The van der Waals surface area contributed by atoms with Gasteiger partial charge in [0.15, 0.2) is 0 Å². The topological polar surface area (TPSA) is 48.5 Å². The molecule has 0 radical (unpaired) electrons. The predicted molar refractivity (Wildman–Crippen MR) is 130 cm³/mol. The molecule has 0 fully saturated rings. The lowest BCUT2D eigenvalue weighted by atomic mass is 10.00. The van der Waals surface area contributed by atoms with Crippen molar-refractivity contribution in [1.29, 1.82) is 0 Å². The fourth-order valence-corrected chi connectivity index (χ4v) is 5.74. The van der Waals surface area contributed by atoms with Crippen molar-refractivity contribution in [3.05, 3.63) is 87.7 Å². The number of aromatic amines is 1. The molecule has 31 heavy (non-hydrogen) atoms. The van der Waals surface area contributed by atoms with E-state index in [0.717, 1.165) is 44.1 Å². The van der Waals surface area contributed by atoms with Crippen LogP contribution >= 0.6 is 23.1 Å². The molecule has 0 saturated carbocycles. The number of rotatable bonds is 5. The summed E-state index contributed by atoms with van der Waals surface area (Å²) in [6, 6.07) is 20.7. The summed E-state index contributed by atoms with van der Waals surface area (Å²) in [4.78, 5) is 19.0. The Labute approximate surface area is 190 Å². The van der Waals surface area contributed by atoms with Crippen molar-refractivity contribution in [2.75, 3.05) is 5.75 Å². The molecule has 4 aromatic rings. The maximum atomic E-state index is 13.3. The zero-order valence-corrected chi connectivity index (χ0v) is 19.1. The molecule has 1 N–H and O–H groups in total. The van der Waals surface area contributed by atoms with E-state index in [1.165, 1.54) is 5.56 Å². The first-order chi connectivity index (χ1) is 15.1. The van der Waals surface area contributed by atoms with Crippen molar-refractivity contribution in [2.45, 2.75) is 31.2 Å². The van der Waals surface area contributed by atoms with Crippen molar-refractivity contribution in [3.8, 4) is 0 Å². The maximum Gasteiger partial charge on any atom is 0.253 e. The Balaban J connectivity index is 1.41. The van der Waals surface area contributed by atoms with E-state index in [0.29, 0.717) is 5.75 Å². The van der Waals surface area contributed by atoms with Gasteiger partial charge in [-0.15, -0.1) is 23.1 Å². The van der Waals surface area contributed by atoms with Crippen molar-refractivity contribution in [1.82, 2.24) is 9.99 Å². The second kappa shape index (κ2) is 8.36. The normalized spacial score (nSPS) is 16.1. The van der Waals surface area contributed by atoms with Gasteiger partial charge in [-0.1, -0.05) is 54.1 Å². The van der Waals surface area contributed by atoms with Crippen LogP contribution in [0.25, 0.3) is 10.9 Å². The van der Waals surface area contributed by atoms with Crippen LogP contribution in [-0.2, 0) is 4.79 Å². The molecule has 6 heteroatoms. The SMILES string of the molecule is Cc1ccc([C@@H]2CC(c3cccs3)=NN2C(=O)CSc2c(C)[nH]c3ccccc23)cc1. The molecule has 1 aliphatic rings. The van der Waals surface area contributed by atoms with Crippen molar-refractivity contribution >= 4 is 45.6 Å². The number of aromatic nitrogens is 1. The molecule has 0 unspecified atom stereocenters. The summed E-state index contributed by atoms with van der Waals surface area (Å²) in [7, 11) is 0. The smallest absolute Gasteiger partial charge is 0.253 e. The number of carbonyl (C=O) groups is 1. The lowest BCUT2D eigenvalue weighted by Crippen LogP contribution is -2.28. The average molecular weight is 446 g/mol. The van der Waals surface area contributed by atoms with Gasteiger partial charge in [-0.2, -0.15) is 5.10 Å². The molecule has 0 spiro atoms. The fraction of sp³-hybridized carbons (Fsp3) is 0.200. The van der Waals surface area contributed by atoms with E-state index in [-0.39, 0.29) is 11.9 Å². The van der Waals surface area contributed by atoms with E-state index in [9.17, 15) is 4.79 Å². The Kier molecular flexibility index (Phi) is 5.42. The Morgan fingerprint density at radius 2 is 1.94 bits per heavy atom. The van der Waals surface area contributed by atoms with E-state index in [4.69, 9.17) is 5.10 Å². The second-order valence-corrected chi connectivity index (χ2v) is 9.74. The Morgan fingerprint density at radius 3 is 2.71 bits per heavy atom. The molecule has 0 saturated heterocycles. The molecule has 156 valence electrons. The molecular formula is C25H23N3OS2. The quantitative estimate of drug-likeness (QED) is 0.366. The number of amides is 1. The molecule has 0 bridgehead atoms. The highest BCUT2D eigenvalue weighted by Gasteiger charge is 2.33. The van der Waals surface area contributed by atoms with Crippen molar-refractivity contribution < 1.29 is 4.79 Å². The first kappa shape index (κ1) is 20.1. The third-order valence-electron chi connectivity index (χ3n) is 5.61. The molecule has 1 aliphatic heterocycles. The highest BCUT2D eigenvalue weighted by molar-refractivity contribution is 8.00. The standard InChI is InChI=1S/C25H23N3OS2/c1-16-9-11-18(12-10-16)22-14-21(23-8-5-13-30-23)27-28(22)24(29)15-31-25-17(2)26-20-7-4-3-6-19(20)25/h3-13,22,26H,14-15H2,1-2H3/t22-/m0/s1. The number of H-pyrrole nitrogens is 1. The Morgan fingerprint density at radius 1 is 1.13 bits per heavy atom. The minimum Gasteiger partial charge on any atom is -0.358 e. The van der Waals surface area contributed by atoms with Gasteiger partial charge in [-0.05, 0) is 36.9 Å². The van der Waals surface area contributed by atoms with Crippen LogP contribution in [0.1, 0.15) is 34.2 Å².